The van der Waals surface area contributed by atoms with Crippen LogP contribution in [0.5, 0.6) is 0 Å². The Morgan fingerprint density at radius 1 is 1.36 bits per heavy atom. The number of hydrogen-bond acceptors (Lipinski definition) is 3. The average Bonchev–Trinajstić information content (AvgIpc) is 2.58. The minimum Gasteiger partial charge on any atom is -0.385 e. The summed E-state index contributed by atoms with van der Waals surface area (Å²) < 4.78 is 10.4. The van der Waals surface area contributed by atoms with Crippen LogP contribution in [0.1, 0.15) is 12.8 Å². The van der Waals surface area contributed by atoms with Gasteiger partial charge in [-0.1, -0.05) is 0 Å². The molecule has 1 rings (SSSR count). The van der Waals surface area contributed by atoms with Crippen molar-refractivity contribution in [3.05, 3.63) is 0 Å². The van der Waals surface area contributed by atoms with Gasteiger partial charge in [0.05, 0.1) is 6.61 Å². The molecule has 0 aliphatic carbocycles. The number of likely N-dealkylation sites (tertiary alicyclic amines) is 1. The summed E-state index contributed by atoms with van der Waals surface area (Å²) in [4.78, 5) is 2.36. The van der Waals surface area contributed by atoms with E-state index in [2.05, 4.69) is 4.90 Å². The van der Waals surface area contributed by atoms with Crippen LogP contribution >= 0.6 is 11.6 Å². The third-order valence-corrected chi connectivity index (χ3v) is 2.76. The number of ether oxygens (including phenoxy) is 2. The van der Waals surface area contributed by atoms with Gasteiger partial charge in [-0.25, -0.2) is 0 Å². The normalized spacial score (nSPS) is 23.1. The minimum absolute atomic E-state index is 0.350. The molecular formula is C10H20ClNO2. The first-order valence-electron chi connectivity index (χ1n) is 5.26. The van der Waals surface area contributed by atoms with E-state index in [0.717, 1.165) is 52.3 Å². The van der Waals surface area contributed by atoms with Crippen LogP contribution < -0.4 is 0 Å². The van der Waals surface area contributed by atoms with E-state index in [1.807, 2.05) is 0 Å². The molecule has 0 spiro atoms. The van der Waals surface area contributed by atoms with E-state index in [0.29, 0.717) is 5.38 Å². The summed E-state index contributed by atoms with van der Waals surface area (Å²) in [6.45, 7) is 5.54. The van der Waals surface area contributed by atoms with Gasteiger partial charge in [0.2, 0.25) is 0 Å². The summed E-state index contributed by atoms with van der Waals surface area (Å²) in [5.74, 6) is 0. The molecule has 1 atom stereocenters. The molecule has 0 amide bonds. The highest BCUT2D eigenvalue weighted by atomic mass is 35.5. The highest BCUT2D eigenvalue weighted by Gasteiger charge is 2.19. The van der Waals surface area contributed by atoms with Gasteiger partial charge in [0.25, 0.3) is 0 Å². The smallest absolute Gasteiger partial charge is 0.0593 e. The van der Waals surface area contributed by atoms with Crippen LogP contribution in [0, 0.1) is 0 Å². The molecule has 3 nitrogen and oxygen atoms in total. The number of rotatable bonds is 7. The lowest BCUT2D eigenvalue weighted by Crippen LogP contribution is -2.25. The molecule has 0 bridgehead atoms. The molecule has 1 saturated heterocycles. The summed E-state index contributed by atoms with van der Waals surface area (Å²) in [7, 11) is 1.71. The fraction of sp³-hybridized carbons (Fsp3) is 1.00. The zero-order valence-electron chi connectivity index (χ0n) is 8.88. The molecule has 1 aliphatic heterocycles. The number of methoxy groups -OCH3 is 1. The van der Waals surface area contributed by atoms with Crippen molar-refractivity contribution in [2.24, 2.45) is 0 Å². The van der Waals surface area contributed by atoms with E-state index in [-0.39, 0.29) is 0 Å². The lowest BCUT2D eigenvalue weighted by Gasteiger charge is -2.14. The molecule has 0 radical (unpaired) electrons. The molecular weight excluding hydrogens is 202 g/mol. The van der Waals surface area contributed by atoms with Crippen molar-refractivity contribution >= 4 is 11.6 Å². The zero-order chi connectivity index (χ0) is 10.2. The van der Waals surface area contributed by atoms with Crippen LogP contribution in [0.4, 0.5) is 0 Å². The molecule has 1 unspecified atom stereocenters. The summed E-state index contributed by atoms with van der Waals surface area (Å²) in [6.07, 6.45) is 2.10. The molecule has 0 aromatic carbocycles. The molecule has 0 N–H and O–H groups in total. The van der Waals surface area contributed by atoms with Crippen molar-refractivity contribution in [2.45, 2.75) is 18.2 Å². The predicted octanol–water partition coefficient (Wildman–Crippen LogP) is 1.35. The third kappa shape index (κ3) is 5.15. The summed E-state index contributed by atoms with van der Waals surface area (Å²) in [6, 6.07) is 0. The second-order valence-corrected chi connectivity index (χ2v) is 4.26. The monoisotopic (exact) mass is 221 g/mol. The molecule has 4 heteroatoms. The molecule has 0 saturated carbocycles. The van der Waals surface area contributed by atoms with Gasteiger partial charge in [0, 0.05) is 38.8 Å². The van der Waals surface area contributed by atoms with E-state index < -0.39 is 0 Å². The fourth-order valence-corrected chi connectivity index (χ4v) is 1.88. The van der Waals surface area contributed by atoms with Gasteiger partial charge < -0.3 is 9.47 Å². The maximum Gasteiger partial charge on any atom is 0.0593 e. The standard InChI is InChI=1S/C10H20ClNO2/c1-13-6-2-7-14-8-5-12-4-3-10(11)9-12/h10H,2-9H2,1H3. The van der Waals surface area contributed by atoms with Crippen molar-refractivity contribution in [1.29, 1.82) is 0 Å². The molecule has 84 valence electrons. The van der Waals surface area contributed by atoms with E-state index in [9.17, 15) is 0 Å². The Bertz CT molecular complexity index is 146. The van der Waals surface area contributed by atoms with Gasteiger partial charge in [0.1, 0.15) is 0 Å². The van der Waals surface area contributed by atoms with Gasteiger partial charge in [-0.15, -0.1) is 11.6 Å². The third-order valence-electron chi connectivity index (χ3n) is 2.40. The number of nitrogens with zero attached hydrogens (tertiary/aromatic N) is 1. The highest BCUT2D eigenvalue weighted by Crippen LogP contribution is 2.13. The molecule has 0 aromatic rings. The van der Waals surface area contributed by atoms with Gasteiger partial charge >= 0.3 is 0 Å². The second-order valence-electron chi connectivity index (χ2n) is 3.65. The summed E-state index contributed by atoms with van der Waals surface area (Å²) >= 11 is 5.99. The van der Waals surface area contributed by atoms with Crippen LogP contribution in [0.25, 0.3) is 0 Å². The van der Waals surface area contributed by atoms with Gasteiger partial charge in [-0.3, -0.25) is 4.90 Å². The van der Waals surface area contributed by atoms with Crippen LogP contribution in [-0.4, -0.2) is 56.8 Å². The van der Waals surface area contributed by atoms with Gasteiger partial charge in [0.15, 0.2) is 0 Å². The van der Waals surface area contributed by atoms with Crippen LogP contribution in [0.3, 0.4) is 0 Å². The summed E-state index contributed by atoms with van der Waals surface area (Å²) in [5.41, 5.74) is 0. The SMILES string of the molecule is COCCCOCCN1CCC(Cl)C1. The quantitative estimate of drug-likeness (QED) is 0.479. The van der Waals surface area contributed by atoms with Crippen molar-refractivity contribution in [3.63, 3.8) is 0 Å². The maximum atomic E-state index is 5.99. The van der Waals surface area contributed by atoms with Crippen LogP contribution in [0.2, 0.25) is 0 Å². The largest absolute Gasteiger partial charge is 0.385 e. The van der Waals surface area contributed by atoms with Gasteiger partial charge in [-0.05, 0) is 19.4 Å². The Balaban J connectivity index is 1.84. The fourth-order valence-electron chi connectivity index (χ4n) is 1.59. The van der Waals surface area contributed by atoms with E-state index in [1.165, 1.54) is 0 Å². The van der Waals surface area contributed by atoms with Crippen LogP contribution in [0.15, 0.2) is 0 Å². The Morgan fingerprint density at radius 2 is 2.21 bits per heavy atom. The van der Waals surface area contributed by atoms with E-state index >= 15 is 0 Å². The first-order valence-corrected chi connectivity index (χ1v) is 5.69. The van der Waals surface area contributed by atoms with Gasteiger partial charge in [-0.2, -0.15) is 0 Å². The molecule has 14 heavy (non-hydrogen) atoms. The molecule has 1 aliphatic rings. The number of halogens is 1. The van der Waals surface area contributed by atoms with Crippen molar-refractivity contribution in [2.75, 3.05) is 46.6 Å². The van der Waals surface area contributed by atoms with E-state index in [4.69, 9.17) is 21.1 Å². The Hall–Kier alpha value is 0.170. The Labute approximate surface area is 91.3 Å². The number of hydrogen-bond donors (Lipinski definition) is 0. The van der Waals surface area contributed by atoms with Crippen molar-refractivity contribution in [3.8, 4) is 0 Å². The molecule has 1 heterocycles. The minimum atomic E-state index is 0.350. The second kappa shape index (κ2) is 7.46. The Kier molecular flexibility index (Phi) is 6.52. The van der Waals surface area contributed by atoms with Crippen molar-refractivity contribution < 1.29 is 9.47 Å². The van der Waals surface area contributed by atoms with Crippen molar-refractivity contribution in [1.82, 2.24) is 4.90 Å². The van der Waals surface area contributed by atoms with Crippen LogP contribution in [-0.2, 0) is 9.47 Å². The topological polar surface area (TPSA) is 21.7 Å². The first-order chi connectivity index (χ1) is 6.83. The van der Waals surface area contributed by atoms with E-state index in [1.54, 1.807) is 7.11 Å². The highest BCUT2D eigenvalue weighted by molar-refractivity contribution is 6.20. The lowest BCUT2D eigenvalue weighted by molar-refractivity contribution is 0.0885. The molecule has 1 fully saturated rings. The Morgan fingerprint density at radius 3 is 2.86 bits per heavy atom. The summed E-state index contributed by atoms with van der Waals surface area (Å²) in [5, 5.41) is 0.350. The maximum absolute atomic E-state index is 5.99. The zero-order valence-corrected chi connectivity index (χ0v) is 9.63. The lowest BCUT2D eigenvalue weighted by atomic mass is 10.4. The first kappa shape index (κ1) is 12.2. The predicted molar refractivity (Wildman–Crippen MR) is 58.0 cm³/mol. The average molecular weight is 222 g/mol. The molecule has 0 aromatic heterocycles. The number of alkyl halides is 1.